The highest BCUT2D eigenvalue weighted by molar-refractivity contribution is 6.30. The van der Waals surface area contributed by atoms with Crippen molar-refractivity contribution in [3.8, 4) is 5.75 Å². The number of hydrogen-bond acceptors (Lipinski definition) is 7. The summed E-state index contributed by atoms with van der Waals surface area (Å²) < 4.78 is 13.4. The molecule has 1 unspecified atom stereocenters. The lowest BCUT2D eigenvalue weighted by molar-refractivity contribution is -0.135. The Morgan fingerprint density at radius 1 is 1.07 bits per heavy atom. The molecule has 10 heteroatoms. The fourth-order valence-corrected chi connectivity index (χ4v) is 5.26. The SMILES string of the molecule is CC(C)OC1=CC=C(C=O)CC1n1c(CN2CCN(C(=O)COc3ccc(Cl)cc3)CC2)nc2ccccc2c1=O. The van der Waals surface area contributed by atoms with Crippen LogP contribution in [0, 0.1) is 0 Å². The van der Waals surface area contributed by atoms with Crippen LogP contribution >= 0.6 is 11.6 Å². The van der Waals surface area contributed by atoms with Gasteiger partial charge >= 0.3 is 0 Å². The molecule has 214 valence electrons. The number of aldehydes is 1. The van der Waals surface area contributed by atoms with Crippen LogP contribution in [0.2, 0.25) is 5.02 Å². The van der Waals surface area contributed by atoms with E-state index in [2.05, 4.69) is 4.90 Å². The Morgan fingerprint density at radius 2 is 1.80 bits per heavy atom. The molecule has 0 N–H and O–H groups in total. The summed E-state index contributed by atoms with van der Waals surface area (Å²) in [5.41, 5.74) is 1.04. The summed E-state index contributed by atoms with van der Waals surface area (Å²) in [6.07, 6.45) is 4.58. The molecule has 0 bridgehead atoms. The molecule has 2 aromatic carbocycles. The molecule has 1 aromatic heterocycles. The number of fused-ring (bicyclic) bond motifs is 1. The van der Waals surface area contributed by atoms with Crippen LogP contribution in [0.3, 0.4) is 0 Å². The number of para-hydroxylation sites is 1. The predicted octanol–water partition coefficient (Wildman–Crippen LogP) is 4.15. The lowest BCUT2D eigenvalue weighted by Gasteiger charge is -2.35. The number of rotatable bonds is 9. The van der Waals surface area contributed by atoms with Crippen molar-refractivity contribution in [3.05, 3.63) is 93.2 Å². The van der Waals surface area contributed by atoms with Crippen molar-refractivity contribution < 1.29 is 19.1 Å². The molecule has 0 radical (unpaired) electrons. The van der Waals surface area contributed by atoms with Crippen LogP contribution in [0.4, 0.5) is 0 Å². The van der Waals surface area contributed by atoms with Crippen LogP contribution in [0.1, 0.15) is 32.1 Å². The Labute approximate surface area is 243 Å². The molecule has 0 spiro atoms. The van der Waals surface area contributed by atoms with Gasteiger partial charge in [0.1, 0.15) is 23.6 Å². The summed E-state index contributed by atoms with van der Waals surface area (Å²) >= 11 is 5.91. The third kappa shape index (κ3) is 6.69. The maximum atomic E-state index is 13.9. The van der Waals surface area contributed by atoms with E-state index in [4.69, 9.17) is 26.1 Å². The van der Waals surface area contributed by atoms with E-state index >= 15 is 0 Å². The molecule has 1 amide bonds. The summed E-state index contributed by atoms with van der Waals surface area (Å²) in [5.74, 6) is 1.72. The van der Waals surface area contributed by atoms with Crippen molar-refractivity contribution in [2.75, 3.05) is 32.8 Å². The molecule has 5 rings (SSSR count). The third-order valence-corrected chi connectivity index (χ3v) is 7.45. The number of allylic oxidation sites excluding steroid dienone is 4. The number of piperazine rings is 1. The number of benzene rings is 2. The molecule has 3 aromatic rings. The number of carbonyl (C=O) groups excluding carboxylic acids is 2. The van der Waals surface area contributed by atoms with Gasteiger partial charge in [0.15, 0.2) is 6.61 Å². The first-order valence-electron chi connectivity index (χ1n) is 13.7. The van der Waals surface area contributed by atoms with E-state index in [0.717, 1.165) is 6.29 Å². The number of aromatic nitrogens is 2. The van der Waals surface area contributed by atoms with Gasteiger partial charge in [0, 0.05) is 37.6 Å². The zero-order valence-electron chi connectivity index (χ0n) is 23.2. The molecule has 2 aliphatic rings. The predicted molar refractivity (Wildman–Crippen MR) is 157 cm³/mol. The second-order valence-corrected chi connectivity index (χ2v) is 10.9. The highest BCUT2D eigenvalue weighted by Gasteiger charge is 2.29. The summed E-state index contributed by atoms with van der Waals surface area (Å²) in [4.78, 5) is 47.3. The van der Waals surface area contributed by atoms with Gasteiger partial charge in [0.05, 0.1) is 29.6 Å². The fraction of sp³-hybridized carbons (Fsp3) is 0.355. The van der Waals surface area contributed by atoms with Crippen molar-refractivity contribution in [2.45, 2.75) is 39.0 Å². The maximum absolute atomic E-state index is 13.9. The molecule has 2 heterocycles. The molecule has 1 fully saturated rings. The lowest BCUT2D eigenvalue weighted by Crippen LogP contribution is -2.50. The average Bonchev–Trinajstić information content (AvgIpc) is 2.97. The Bertz CT molecular complexity index is 1540. The van der Waals surface area contributed by atoms with Gasteiger partial charge in [0.2, 0.25) is 0 Å². The highest BCUT2D eigenvalue weighted by atomic mass is 35.5. The van der Waals surface area contributed by atoms with E-state index in [9.17, 15) is 14.4 Å². The van der Waals surface area contributed by atoms with Crippen LogP contribution in [-0.4, -0.2) is 70.4 Å². The number of amides is 1. The molecular weight excluding hydrogens is 544 g/mol. The van der Waals surface area contributed by atoms with Crippen molar-refractivity contribution in [1.82, 2.24) is 19.4 Å². The molecule has 1 aliphatic heterocycles. The first kappa shape index (κ1) is 28.6. The summed E-state index contributed by atoms with van der Waals surface area (Å²) in [5, 5.41) is 1.12. The Kier molecular flexibility index (Phi) is 8.85. The molecule has 1 atom stereocenters. The van der Waals surface area contributed by atoms with Crippen LogP contribution in [0.15, 0.2) is 76.8 Å². The summed E-state index contributed by atoms with van der Waals surface area (Å²) in [6, 6.07) is 13.7. The largest absolute Gasteiger partial charge is 0.493 e. The van der Waals surface area contributed by atoms with Crippen LogP contribution in [0.5, 0.6) is 5.75 Å². The minimum Gasteiger partial charge on any atom is -0.493 e. The summed E-state index contributed by atoms with van der Waals surface area (Å²) in [6.45, 7) is 6.52. The van der Waals surface area contributed by atoms with Crippen LogP contribution < -0.4 is 10.3 Å². The van der Waals surface area contributed by atoms with E-state index in [-0.39, 0.29) is 24.2 Å². The number of nitrogens with zero attached hydrogens (tertiary/aromatic N) is 4. The first-order valence-corrected chi connectivity index (χ1v) is 14.1. The normalized spacial score (nSPS) is 17.8. The van der Waals surface area contributed by atoms with Gasteiger partial charge in [-0.25, -0.2) is 4.98 Å². The van der Waals surface area contributed by atoms with Crippen molar-refractivity contribution in [1.29, 1.82) is 0 Å². The van der Waals surface area contributed by atoms with Gasteiger partial charge in [-0.3, -0.25) is 23.9 Å². The second-order valence-electron chi connectivity index (χ2n) is 10.4. The van der Waals surface area contributed by atoms with Crippen molar-refractivity contribution in [2.24, 2.45) is 0 Å². The monoisotopic (exact) mass is 576 g/mol. The summed E-state index contributed by atoms with van der Waals surface area (Å²) in [7, 11) is 0. The smallest absolute Gasteiger partial charge is 0.262 e. The van der Waals surface area contributed by atoms with E-state index < -0.39 is 6.04 Å². The topological polar surface area (TPSA) is 94.0 Å². The second kappa shape index (κ2) is 12.7. The third-order valence-electron chi connectivity index (χ3n) is 7.20. The molecule has 0 saturated carbocycles. The molecule has 41 heavy (non-hydrogen) atoms. The number of carbonyl (C=O) groups is 2. The Balaban J connectivity index is 1.34. The molecular formula is C31H33ClN4O5. The first-order chi connectivity index (χ1) is 19.8. The average molecular weight is 577 g/mol. The van der Waals surface area contributed by atoms with E-state index in [1.165, 1.54) is 0 Å². The minimum absolute atomic E-state index is 0.0490. The fourth-order valence-electron chi connectivity index (χ4n) is 5.14. The van der Waals surface area contributed by atoms with Crippen LogP contribution in [0.25, 0.3) is 10.9 Å². The minimum atomic E-state index is -0.491. The number of ether oxygens (including phenoxy) is 2. The van der Waals surface area contributed by atoms with Gasteiger partial charge in [0.25, 0.3) is 11.5 Å². The zero-order chi connectivity index (χ0) is 28.9. The van der Waals surface area contributed by atoms with Gasteiger partial charge in [-0.15, -0.1) is 0 Å². The highest BCUT2D eigenvalue weighted by Crippen LogP contribution is 2.31. The van der Waals surface area contributed by atoms with Gasteiger partial charge in [-0.1, -0.05) is 29.8 Å². The molecule has 1 aliphatic carbocycles. The Morgan fingerprint density at radius 3 is 2.51 bits per heavy atom. The Hall–Kier alpha value is -3.95. The number of hydrogen-bond donors (Lipinski definition) is 0. The van der Waals surface area contributed by atoms with E-state index in [0.29, 0.717) is 78.0 Å². The quantitative estimate of drug-likeness (QED) is 0.353. The maximum Gasteiger partial charge on any atom is 0.262 e. The standard InChI is InChI=1S/C31H33ClN4O5/c1-21(2)41-28-12-7-22(19-37)17-27(28)36-29(33-26-6-4-3-5-25(26)31(36)39)18-34-13-15-35(16-14-34)30(38)20-40-24-10-8-23(32)9-11-24/h3-12,19,21,27H,13-18,20H2,1-2H3. The molecule has 9 nitrogen and oxygen atoms in total. The number of halogens is 1. The zero-order valence-corrected chi connectivity index (χ0v) is 23.9. The van der Waals surface area contributed by atoms with Gasteiger partial charge in [-0.2, -0.15) is 0 Å². The lowest BCUT2D eigenvalue weighted by atomic mass is 9.98. The van der Waals surface area contributed by atoms with E-state index in [1.807, 2.05) is 32.0 Å². The van der Waals surface area contributed by atoms with Crippen molar-refractivity contribution in [3.63, 3.8) is 0 Å². The molecule has 1 saturated heterocycles. The van der Waals surface area contributed by atoms with Gasteiger partial charge in [-0.05, 0) is 61.9 Å². The van der Waals surface area contributed by atoms with E-state index in [1.54, 1.807) is 52.0 Å². The van der Waals surface area contributed by atoms with Crippen LogP contribution in [-0.2, 0) is 20.9 Å². The van der Waals surface area contributed by atoms with Gasteiger partial charge < -0.3 is 14.4 Å². The van der Waals surface area contributed by atoms with Crippen molar-refractivity contribution >= 4 is 34.7 Å².